The maximum atomic E-state index is 12.7. The van der Waals surface area contributed by atoms with E-state index < -0.39 is 21.7 Å². The third kappa shape index (κ3) is 2.30. The Labute approximate surface area is 135 Å². The van der Waals surface area contributed by atoms with Crippen molar-refractivity contribution < 1.29 is 23.1 Å². The first-order valence-corrected chi connectivity index (χ1v) is 8.67. The van der Waals surface area contributed by atoms with E-state index in [0.29, 0.717) is 10.0 Å². The van der Waals surface area contributed by atoms with Gasteiger partial charge in [0.2, 0.25) is 9.84 Å². The zero-order valence-electron chi connectivity index (χ0n) is 11.4. The fourth-order valence-electron chi connectivity index (χ4n) is 2.25. The van der Waals surface area contributed by atoms with E-state index in [1.54, 1.807) is 18.2 Å². The molecule has 1 N–H and O–H groups in total. The summed E-state index contributed by atoms with van der Waals surface area (Å²) >= 11 is 3.27. The summed E-state index contributed by atoms with van der Waals surface area (Å²) in [7, 11) is -3.74. The van der Waals surface area contributed by atoms with Crippen molar-refractivity contribution >= 4 is 31.7 Å². The lowest BCUT2D eigenvalue weighted by Gasteiger charge is -2.21. The molecular formula is C15H11BrO5S. The Morgan fingerprint density at radius 1 is 1.14 bits per heavy atom. The van der Waals surface area contributed by atoms with Crippen LogP contribution in [-0.2, 0) is 14.6 Å². The number of fused-ring (bicyclic) bond motifs is 2. The second-order valence-corrected chi connectivity index (χ2v) is 7.76. The van der Waals surface area contributed by atoms with E-state index in [2.05, 4.69) is 15.9 Å². The normalized spacial score (nSPS) is 16.1. The highest BCUT2D eigenvalue weighted by molar-refractivity contribution is 9.10. The minimum Gasteiger partial charge on any atom is -0.481 e. The van der Waals surface area contributed by atoms with Gasteiger partial charge >= 0.3 is 5.97 Å². The number of carbonyl (C=O) groups is 1. The van der Waals surface area contributed by atoms with Crippen LogP contribution in [0.25, 0.3) is 0 Å². The molecule has 0 bridgehead atoms. The molecule has 0 amide bonds. The third-order valence-electron chi connectivity index (χ3n) is 3.54. The SMILES string of the molecule is CC(C(=O)O)c1ccc2c(c1)S(=O)(=O)c1ccc(Br)cc1O2. The molecule has 1 atom stereocenters. The molecule has 0 radical (unpaired) electrons. The molecule has 2 aromatic carbocycles. The van der Waals surface area contributed by atoms with Crippen molar-refractivity contribution in [2.24, 2.45) is 0 Å². The smallest absolute Gasteiger partial charge is 0.310 e. The molecule has 0 aliphatic carbocycles. The number of benzene rings is 2. The minimum atomic E-state index is -3.74. The van der Waals surface area contributed by atoms with Gasteiger partial charge in [-0.2, -0.15) is 0 Å². The topological polar surface area (TPSA) is 80.7 Å². The van der Waals surface area contributed by atoms with Gasteiger partial charge in [0.25, 0.3) is 0 Å². The van der Waals surface area contributed by atoms with Gasteiger partial charge in [-0.25, -0.2) is 8.42 Å². The highest BCUT2D eigenvalue weighted by Gasteiger charge is 2.32. The van der Waals surface area contributed by atoms with E-state index in [1.165, 1.54) is 25.1 Å². The van der Waals surface area contributed by atoms with Gasteiger partial charge in [-0.3, -0.25) is 4.79 Å². The number of carboxylic acids is 1. The number of rotatable bonds is 2. The molecular weight excluding hydrogens is 372 g/mol. The van der Waals surface area contributed by atoms with Crippen LogP contribution >= 0.6 is 15.9 Å². The van der Waals surface area contributed by atoms with Gasteiger partial charge < -0.3 is 9.84 Å². The van der Waals surface area contributed by atoms with E-state index in [0.717, 1.165) is 0 Å². The monoisotopic (exact) mass is 382 g/mol. The first kappa shape index (κ1) is 15.1. The van der Waals surface area contributed by atoms with Crippen LogP contribution in [0.1, 0.15) is 18.4 Å². The Balaban J connectivity index is 2.19. The molecule has 114 valence electrons. The maximum Gasteiger partial charge on any atom is 0.310 e. The van der Waals surface area contributed by atoms with Crippen molar-refractivity contribution in [3.63, 3.8) is 0 Å². The van der Waals surface area contributed by atoms with Gasteiger partial charge in [-0.1, -0.05) is 22.0 Å². The van der Waals surface area contributed by atoms with Crippen molar-refractivity contribution in [2.75, 3.05) is 0 Å². The van der Waals surface area contributed by atoms with Crippen LogP contribution in [-0.4, -0.2) is 19.5 Å². The molecule has 5 nitrogen and oxygen atoms in total. The fraction of sp³-hybridized carbons (Fsp3) is 0.133. The Morgan fingerprint density at radius 2 is 1.86 bits per heavy atom. The molecule has 0 spiro atoms. The van der Waals surface area contributed by atoms with Crippen molar-refractivity contribution in [2.45, 2.75) is 22.6 Å². The Bertz CT molecular complexity index is 889. The van der Waals surface area contributed by atoms with Gasteiger partial charge in [0.1, 0.15) is 21.3 Å². The molecule has 1 aliphatic rings. The lowest BCUT2D eigenvalue weighted by molar-refractivity contribution is -0.138. The van der Waals surface area contributed by atoms with Crippen LogP contribution in [0.3, 0.4) is 0 Å². The summed E-state index contributed by atoms with van der Waals surface area (Å²) in [6, 6.07) is 9.10. The number of hydrogen-bond donors (Lipinski definition) is 1. The molecule has 0 saturated carbocycles. The molecule has 0 saturated heterocycles. The summed E-state index contributed by atoms with van der Waals surface area (Å²) < 4.78 is 31.8. The number of aliphatic carboxylic acids is 1. The average Bonchev–Trinajstić information content (AvgIpc) is 2.45. The predicted molar refractivity (Wildman–Crippen MR) is 82.2 cm³/mol. The molecule has 2 aromatic rings. The number of hydrogen-bond acceptors (Lipinski definition) is 4. The minimum absolute atomic E-state index is 0.00655. The summed E-state index contributed by atoms with van der Waals surface area (Å²) in [6.07, 6.45) is 0. The van der Waals surface area contributed by atoms with Crippen LogP contribution in [0.2, 0.25) is 0 Å². The molecule has 0 aromatic heterocycles. The number of carboxylic acid groups (broad SMARTS) is 1. The van der Waals surface area contributed by atoms with Crippen LogP contribution < -0.4 is 4.74 Å². The van der Waals surface area contributed by atoms with Gasteiger partial charge in [-0.05, 0) is 42.8 Å². The summed E-state index contributed by atoms with van der Waals surface area (Å²) in [5, 5.41) is 9.07. The largest absolute Gasteiger partial charge is 0.481 e. The zero-order valence-corrected chi connectivity index (χ0v) is 13.8. The van der Waals surface area contributed by atoms with E-state index in [9.17, 15) is 13.2 Å². The van der Waals surface area contributed by atoms with Gasteiger partial charge in [0, 0.05) is 4.47 Å². The van der Waals surface area contributed by atoms with Crippen LogP contribution in [0.5, 0.6) is 11.5 Å². The number of ether oxygens (including phenoxy) is 1. The van der Waals surface area contributed by atoms with Gasteiger partial charge in [0.05, 0.1) is 5.92 Å². The third-order valence-corrected chi connectivity index (χ3v) is 5.85. The molecule has 0 fully saturated rings. The molecule has 7 heteroatoms. The number of sulfone groups is 1. The van der Waals surface area contributed by atoms with Crippen LogP contribution in [0, 0.1) is 0 Å². The van der Waals surface area contributed by atoms with Crippen molar-refractivity contribution in [3.8, 4) is 11.5 Å². The summed E-state index contributed by atoms with van der Waals surface area (Å²) in [6.45, 7) is 1.51. The second-order valence-electron chi connectivity index (χ2n) is 4.96. The van der Waals surface area contributed by atoms with Crippen LogP contribution in [0.4, 0.5) is 0 Å². The lowest BCUT2D eigenvalue weighted by Crippen LogP contribution is -2.13. The Morgan fingerprint density at radius 3 is 2.55 bits per heavy atom. The van der Waals surface area contributed by atoms with Crippen molar-refractivity contribution in [1.82, 2.24) is 0 Å². The first-order chi connectivity index (χ1) is 10.3. The predicted octanol–water partition coefficient (Wildman–Crippen LogP) is 3.58. The highest BCUT2D eigenvalue weighted by atomic mass is 79.9. The molecule has 1 unspecified atom stereocenters. The zero-order chi connectivity index (χ0) is 16.1. The Kier molecular flexibility index (Phi) is 3.49. The molecule has 3 rings (SSSR count). The Hall–Kier alpha value is -1.86. The second kappa shape index (κ2) is 5.10. The summed E-state index contributed by atoms with van der Waals surface area (Å²) in [5.74, 6) is -1.36. The van der Waals surface area contributed by atoms with Crippen molar-refractivity contribution in [1.29, 1.82) is 0 Å². The summed E-state index contributed by atoms with van der Waals surface area (Å²) in [4.78, 5) is 11.1. The van der Waals surface area contributed by atoms with Crippen LogP contribution in [0.15, 0.2) is 50.7 Å². The van der Waals surface area contributed by atoms with E-state index in [4.69, 9.17) is 9.84 Å². The fourth-order valence-corrected chi connectivity index (χ4v) is 4.11. The number of halogens is 1. The molecule has 1 heterocycles. The first-order valence-electron chi connectivity index (χ1n) is 6.40. The average molecular weight is 383 g/mol. The molecule has 1 aliphatic heterocycles. The van der Waals surface area contributed by atoms with E-state index >= 15 is 0 Å². The summed E-state index contributed by atoms with van der Waals surface area (Å²) in [5.41, 5.74) is 0.416. The van der Waals surface area contributed by atoms with Crippen molar-refractivity contribution in [3.05, 3.63) is 46.4 Å². The lowest BCUT2D eigenvalue weighted by atomic mass is 10.0. The van der Waals surface area contributed by atoms with Gasteiger partial charge in [-0.15, -0.1) is 0 Å². The highest BCUT2D eigenvalue weighted by Crippen LogP contribution is 2.44. The standard InChI is InChI=1S/C15H11BrO5S/c1-8(15(17)18)9-2-4-11-14(6-9)22(19,20)13-5-3-10(16)7-12(13)21-11/h2-8H,1H3,(H,17,18). The van der Waals surface area contributed by atoms with E-state index in [1.807, 2.05) is 0 Å². The van der Waals surface area contributed by atoms with Gasteiger partial charge in [0.15, 0.2) is 0 Å². The maximum absolute atomic E-state index is 12.7. The van der Waals surface area contributed by atoms with E-state index in [-0.39, 0.29) is 21.3 Å². The molecule has 22 heavy (non-hydrogen) atoms. The quantitative estimate of drug-likeness (QED) is 0.732.